The van der Waals surface area contributed by atoms with Crippen LogP contribution >= 0.6 is 0 Å². The summed E-state index contributed by atoms with van der Waals surface area (Å²) >= 11 is 0. The summed E-state index contributed by atoms with van der Waals surface area (Å²) in [5.74, 6) is -0.397. The zero-order chi connectivity index (χ0) is 20.0. The fraction of sp³-hybridized carbons (Fsp3) is 0.286. The molecule has 1 atom stereocenters. The number of likely N-dealkylation sites (N-methyl/N-ethyl adjacent to an activating group) is 1. The van der Waals surface area contributed by atoms with Crippen LogP contribution in [-0.2, 0) is 9.59 Å². The molecule has 2 rings (SSSR count). The highest BCUT2D eigenvalue weighted by Crippen LogP contribution is 2.16. The van der Waals surface area contributed by atoms with Crippen molar-refractivity contribution in [3.8, 4) is 6.07 Å². The van der Waals surface area contributed by atoms with Crippen molar-refractivity contribution in [1.82, 2.24) is 4.90 Å². The maximum absolute atomic E-state index is 12.4. The Morgan fingerprint density at radius 3 is 2.41 bits per heavy atom. The van der Waals surface area contributed by atoms with Gasteiger partial charge in [0.1, 0.15) is 0 Å². The standard InChI is InChI=1S/C21H24N4O2/c1-14-5-6-15(2)19(11-14)24-20(26)13-25(4)16(3)21(27)23-18-9-7-17(12-22)8-10-18/h5-11,16H,13H2,1-4H3,(H,23,27)(H,24,26)/t16-/m1/s1. The molecule has 27 heavy (non-hydrogen) atoms. The summed E-state index contributed by atoms with van der Waals surface area (Å²) in [5.41, 5.74) is 3.98. The van der Waals surface area contributed by atoms with Crippen LogP contribution in [0.25, 0.3) is 0 Å². The van der Waals surface area contributed by atoms with Crippen LogP contribution in [-0.4, -0.2) is 36.3 Å². The zero-order valence-corrected chi connectivity index (χ0v) is 16.0. The number of hydrogen-bond acceptors (Lipinski definition) is 4. The van der Waals surface area contributed by atoms with Crippen molar-refractivity contribution in [3.05, 3.63) is 59.2 Å². The number of hydrogen-bond donors (Lipinski definition) is 2. The van der Waals surface area contributed by atoms with E-state index in [0.29, 0.717) is 11.3 Å². The van der Waals surface area contributed by atoms with Crippen molar-refractivity contribution in [1.29, 1.82) is 5.26 Å². The minimum Gasteiger partial charge on any atom is -0.325 e. The van der Waals surface area contributed by atoms with Crippen molar-refractivity contribution in [3.63, 3.8) is 0 Å². The second kappa shape index (κ2) is 8.97. The number of benzene rings is 2. The molecule has 6 heteroatoms. The molecule has 0 aliphatic carbocycles. The quantitative estimate of drug-likeness (QED) is 0.825. The fourth-order valence-corrected chi connectivity index (χ4v) is 2.50. The molecular weight excluding hydrogens is 340 g/mol. The van der Waals surface area contributed by atoms with Crippen molar-refractivity contribution in [2.45, 2.75) is 26.8 Å². The molecule has 6 nitrogen and oxygen atoms in total. The summed E-state index contributed by atoms with van der Waals surface area (Å²) < 4.78 is 0. The second-order valence-electron chi connectivity index (χ2n) is 6.64. The van der Waals surface area contributed by atoms with E-state index in [4.69, 9.17) is 5.26 Å². The number of carbonyl (C=O) groups excluding carboxylic acids is 2. The molecule has 0 heterocycles. The van der Waals surface area contributed by atoms with E-state index >= 15 is 0 Å². The molecule has 0 aliphatic rings. The number of amides is 2. The summed E-state index contributed by atoms with van der Waals surface area (Å²) in [6.45, 7) is 5.74. The van der Waals surface area contributed by atoms with E-state index in [9.17, 15) is 9.59 Å². The van der Waals surface area contributed by atoms with Gasteiger partial charge in [-0.3, -0.25) is 14.5 Å². The Hall–Kier alpha value is -3.17. The van der Waals surface area contributed by atoms with E-state index < -0.39 is 6.04 Å². The molecule has 0 fully saturated rings. The summed E-state index contributed by atoms with van der Waals surface area (Å²) in [4.78, 5) is 26.4. The summed E-state index contributed by atoms with van der Waals surface area (Å²) in [5, 5.41) is 14.5. The number of rotatable bonds is 6. The SMILES string of the molecule is Cc1ccc(C)c(NC(=O)CN(C)[C@H](C)C(=O)Nc2ccc(C#N)cc2)c1. The van der Waals surface area contributed by atoms with Crippen LogP contribution in [0.3, 0.4) is 0 Å². The first-order chi connectivity index (χ1) is 12.8. The molecule has 0 spiro atoms. The monoisotopic (exact) mass is 364 g/mol. The Kier molecular flexibility index (Phi) is 6.69. The topological polar surface area (TPSA) is 85.2 Å². The molecule has 2 amide bonds. The Labute approximate surface area is 159 Å². The van der Waals surface area contributed by atoms with Crippen molar-refractivity contribution in [2.75, 3.05) is 24.2 Å². The summed E-state index contributed by atoms with van der Waals surface area (Å²) in [6, 6.07) is 14.0. The predicted octanol–water partition coefficient (Wildman–Crippen LogP) is 3.07. The lowest BCUT2D eigenvalue weighted by Gasteiger charge is -2.23. The van der Waals surface area contributed by atoms with Crippen LogP contribution in [0.15, 0.2) is 42.5 Å². The third kappa shape index (κ3) is 5.66. The minimum atomic E-state index is -0.495. The van der Waals surface area contributed by atoms with E-state index in [1.54, 1.807) is 43.1 Å². The first kappa shape index (κ1) is 20.1. The van der Waals surface area contributed by atoms with Gasteiger partial charge in [-0.2, -0.15) is 5.26 Å². The van der Waals surface area contributed by atoms with E-state index in [0.717, 1.165) is 16.8 Å². The van der Waals surface area contributed by atoms with E-state index in [-0.39, 0.29) is 18.4 Å². The van der Waals surface area contributed by atoms with E-state index in [1.807, 2.05) is 38.1 Å². The normalized spacial score (nSPS) is 11.6. The molecule has 2 aromatic rings. The van der Waals surface area contributed by atoms with Crippen LogP contribution in [0.1, 0.15) is 23.6 Å². The zero-order valence-electron chi connectivity index (χ0n) is 16.0. The Morgan fingerprint density at radius 1 is 1.11 bits per heavy atom. The average molecular weight is 364 g/mol. The van der Waals surface area contributed by atoms with Gasteiger partial charge in [0, 0.05) is 11.4 Å². The Bertz CT molecular complexity index is 869. The lowest BCUT2D eigenvalue weighted by Crippen LogP contribution is -2.43. The van der Waals surface area contributed by atoms with Gasteiger partial charge >= 0.3 is 0 Å². The van der Waals surface area contributed by atoms with Crippen LogP contribution in [0, 0.1) is 25.2 Å². The lowest BCUT2D eigenvalue weighted by molar-refractivity contribution is -0.122. The third-order valence-electron chi connectivity index (χ3n) is 4.38. The van der Waals surface area contributed by atoms with Gasteiger partial charge in [0.25, 0.3) is 0 Å². The average Bonchev–Trinajstić information content (AvgIpc) is 2.64. The Morgan fingerprint density at radius 2 is 1.78 bits per heavy atom. The number of aryl methyl sites for hydroxylation is 2. The Balaban J connectivity index is 1.92. The molecule has 2 aromatic carbocycles. The minimum absolute atomic E-state index is 0.0926. The fourth-order valence-electron chi connectivity index (χ4n) is 2.50. The molecule has 0 aromatic heterocycles. The molecule has 0 aliphatic heterocycles. The highest BCUT2D eigenvalue weighted by atomic mass is 16.2. The summed E-state index contributed by atoms with van der Waals surface area (Å²) in [7, 11) is 1.73. The van der Waals surface area contributed by atoms with Crippen LogP contribution in [0.5, 0.6) is 0 Å². The van der Waals surface area contributed by atoms with E-state index in [2.05, 4.69) is 10.6 Å². The molecule has 140 valence electrons. The molecule has 0 saturated carbocycles. The number of carbonyl (C=O) groups is 2. The van der Waals surface area contributed by atoms with Crippen molar-refractivity contribution in [2.24, 2.45) is 0 Å². The largest absolute Gasteiger partial charge is 0.325 e. The van der Waals surface area contributed by atoms with Crippen LogP contribution in [0.4, 0.5) is 11.4 Å². The van der Waals surface area contributed by atoms with Gasteiger partial charge in [0.15, 0.2) is 0 Å². The van der Waals surface area contributed by atoms with Gasteiger partial charge in [0.2, 0.25) is 11.8 Å². The highest BCUT2D eigenvalue weighted by molar-refractivity contribution is 5.96. The van der Waals surface area contributed by atoms with Gasteiger partial charge in [-0.15, -0.1) is 0 Å². The van der Waals surface area contributed by atoms with Gasteiger partial charge in [0.05, 0.1) is 24.2 Å². The molecule has 0 radical (unpaired) electrons. The summed E-state index contributed by atoms with van der Waals surface area (Å²) in [6.07, 6.45) is 0. The third-order valence-corrected chi connectivity index (χ3v) is 4.38. The van der Waals surface area contributed by atoms with Crippen molar-refractivity contribution >= 4 is 23.2 Å². The van der Waals surface area contributed by atoms with Gasteiger partial charge in [-0.25, -0.2) is 0 Å². The molecule has 0 saturated heterocycles. The highest BCUT2D eigenvalue weighted by Gasteiger charge is 2.20. The van der Waals surface area contributed by atoms with Gasteiger partial charge in [-0.1, -0.05) is 12.1 Å². The smallest absolute Gasteiger partial charge is 0.241 e. The lowest BCUT2D eigenvalue weighted by atomic mass is 10.1. The molecule has 2 N–H and O–H groups in total. The van der Waals surface area contributed by atoms with Crippen LogP contribution in [0.2, 0.25) is 0 Å². The first-order valence-electron chi connectivity index (χ1n) is 8.68. The number of nitrogens with zero attached hydrogens (tertiary/aromatic N) is 2. The molecule has 0 unspecified atom stereocenters. The van der Waals surface area contributed by atoms with Gasteiger partial charge in [-0.05, 0) is 69.3 Å². The second-order valence-corrected chi connectivity index (χ2v) is 6.64. The van der Waals surface area contributed by atoms with Gasteiger partial charge < -0.3 is 10.6 Å². The van der Waals surface area contributed by atoms with Crippen molar-refractivity contribution < 1.29 is 9.59 Å². The van der Waals surface area contributed by atoms with Crippen LogP contribution < -0.4 is 10.6 Å². The molecular formula is C21H24N4O2. The maximum atomic E-state index is 12.4. The number of nitrogens with one attached hydrogen (secondary N) is 2. The first-order valence-corrected chi connectivity index (χ1v) is 8.68. The molecule has 0 bridgehead atoms. The van der Waals surface area contributed by atoms with E-state index in [1.165, 1.54) is 0 Å². The number of nitriles is 1. The number of anilines is 2. The maximum Gasteiger partial charge on any atom is 0.241 e. The predicted molar refractivity (Wildman–Crippen MR) is 106 cm³/mol.